The smallest absolute Gasteiger partial charge is 0.306 e. The maximum absolute atomic E-state index is 13.4. The molecule has 0 N–H and O–H groups in total. The Morgan fingerprint density at radius 2 is 2.29 bits per heavy atom. The lowest BCUT2D eigenvalue weighted by Gasteiger charge is -2.11. The Morgan fingerprint density at radius 1 is 1.50 bits per heavy atom. The number of carbonyl (C=O) groups is 1. The van der Waals surface area contributed by atoms with Crippen LogP contribution in [-0.2, 0) is 9.53 Å². The minimum absolute atomic E-state index is 0.292. The van der Waals surface area contributed by atoms with Gasteiger partial charge in [-0.3, -0.25) is 4.79 Å². The highest BCUT2D eigenvalue weighted by Gasteiger charge is 2.28. The molecule has 1 aromatic carbocycles. The Hall–Kier alpha value is -1.09. The first-order chi connectivity index (χ1) is 6.68. The zero-order chi connectivity index (χ0) is 10.1. The minimum Gasteiger partial charge on any atom is -0.457 e. The first-order valence-corrected chi connectivity index (χ1v) is 4.69. The lowest BCUT2D eigenvalue weighted by molar-refractivity contribution is -0.141. The van der Waals surface area contributed by atoms with Crippen molar-refractivity contribution in [3.63, 3.8) is 0 Å². The highest BCUT2D eigenvalue weighted by molar-refractivity contribution is 6.31. The van der Waals surface area contributed by atoms with Gasteiger partial charge < -0.3 is 4.74 Å². The fourth-order valence-electron chi connectivity index (χ4n) is 1.55. The summed E-state index contributed by atoms with van der Waals surface area (Å²) >= 11 is 5.83. The molecule has 1 fully saturated rings. The quantitative estimate of drug-likeness (QED) is 0.672. The predicted molar refractivity (Wildman–Crippen MR) is 49.5 cm³/mol. The van der Waals surface area contributed by atoms with Crippen molar-refractivity contribution in [3.05, 3.63) is 34.6 Å². The summed E-state index contributed by atoms with van der Waals surface area (Å²) in [6.07, 6.45) is 0.311. The maximum atomic E-state index is 13.4. The zero-order valence-corrected chi connectivity index (χ0v) is 8.05. The summed E-state index contributed by atoms with van der Waals surface area (Å²) in [6.45, 7) is 0. The van der Waals surface area contributed by atoms with Crippen molar-refractivity contribution in [2.75, 3.05) is 0 Å². The highest BCUT2D eigenvalue weighted by atomic mass is 35.5. The van der Waals surface area contributed by atoms with Crippen molar-refractivity contribution in [3.8, 4) is 0 Å². The summed E-state index contributed by atoms with van der Waals surface area (Å²) in [7, 11) is 0. The van der Waals surface area contributed by atoms with Gasteiger partial charge >= 0.3 is 5.97 Å². The van der Waals surface area contributed by atoms with Gasteiger partial charge in [0.1, 0.15) is 11.9 Å². The number of carbonyl (C=O) groups excluding carboxylic acids is 1. The molecule has 1 aliphatic heterocycles. The van der Waals surface area contributed by atoms with Gasteiger partial charge in [0, 0.05) is 12.0 Å². The molecule has 0 saturated carbocycles. The molecule has 0 spiro atoms. The molecule has 0 radical (unpaired) electrons. The van der Waals surface area contributed by atoms with Crippen molar-refractivity contribution in [2.45, 2.75) is 18.9 Å². The molecule has 0 unspecified atom stereocenters. The molecule has 74 valence electrons. The molecule has 1 aliphatic rings. The normalized spacial score (nSPS) is 21.0. The van der Waals surface area contributed by atoms with Crippen LogP contribution in [0.3, 0.4) is 0 Å². The van der Waals surface area contributed by atoms with Crippen molar-refractivity contribution < 1.29 is 13.9 Å². The second-order valence-electron chi connectivity index (χ2n) is 3.15. The van der Waals surface area contributed by atoms with Gasteiger partial charge in [0.15, 0.2) is 0 Å². The molecule has 1 atom stereocenters. The molecule has 2 rings (SSSR count). The summed E-state index contributed by atoms with van der Waals surface area (Å²) in [5.74, 6) is -0.716. The van der Waals surface area contributed by atoms with E-state index in [-0.39, 0.29) is 5.97 Å². The van der Waals surface area contributed by atoms with Crippen LogP contribution in [0.15, 0.2) is 18.2 Å². The van der Waals surface area contributed by atoms with Crippen LogP contribution in [-0.4, -0.2) is 5.97 Å². The van der Waals surface area contributed by atoms with Crippen LogP contribution in [0.1, 0.15) is 24.5 Å². The van der Waals surface area contributed by atoms with E-state index in [0.717, 1.165) is 0 Å². The second kappa shape index (κ2) is 3.58. The van der Waals surface area contributed by atoms with Gasteiger partial charge in [0.25, 0.3) is 0 Å². The molecule has 0 aromatic heterocycles. The summed E-state index contributed by atoms with van der Waals surface area (Å²) in [6, 6.07) is 4.43. The fourth-order valence-corrected chi connectivity index (χ4v) is 1.83. The number of esters is 1. The van der Waals surface area contributed by atoms with E-state index in [0.29, 0.717) is 23.4 Å². The Kier molecular flexibility index (Phi) is 2.42. The molecule has 0 bridgehead atoms. The van der Waals surface area contributed by atoms with Crippen LogP contribution in [0.5, 0.6) is 0 Å². The van der Waals surface area contributed by atoms with Gasteiger partial charge in [-0.15, -0.1) is 0 Å². The van der Waals surface area contributed by atoms with Crippen molar-refractivity contribution in [1.29, 1.82) is 0 Å². The molecular weight excluding hydrogens is 207 g/mol. The van der Waals surface area contributed by atoms with Crippen molar-refractivity contribution >= 4 is 17.6 Å². The first-order valence-electron chi connectivity index (χ1n) is 4.32. The van der Waals surface area contributed by atoms with Crippen molar-refractivity contribution in [1.82, 2.24) is 0 Å². The van der Waals surface area contributed by atoms with Gasteiger partial charge in [0.05, 0.1) is 5.02 Å². The lowest BCUT2D eigenvalue weighted by Crippen LogP contribution is -2.02. The number of cyclic esters (lactones) is 1. The van der Waals surface area contributed by atoms with Gasteiger partial charge in [-0.05, 0) is 18.6 Å². The molecule has 0 aliphatic carbocycles. The number of ether oxygens (including phenoxy) is 1. The van der Waals surface area contributed by atoms with Crippen LogP contribution in [0.25, 0.3) is 0 Å². The average Bonchev–Trinajstić information content (AvgIpc) is 2.51. The lowest BCUT2D eigenvalue weighted by atomic mass is 10.1. The largest absolute Gasteiger partial charge is 0.457 e. The molecule has 1 heterocycles. The summed E-state index contributed by atoms with van der Waals surface area (Å²) in [5, 5.41) is 0.310. The first kappa shape index (κ1) is 9.46. The van der Waals surface area contributed by atoms with Crippen molar-refractivity contribution in [2.24, 2.45) is 0 Å². The van der Waals surface area contributed by atoms with E-state index in [9.17, 15) is 9.18 Å². The van der Waals surface area contributed by atoms with Gasteiger partial charge in [-0.2, -0.15) is 0 Å². The summed E-state index contributed by atoms with van der Waals surface area (Å²) in [4.78, 5) is 10.9. The second-order valence-corrected chi connectivity index (χ2v) is 3.56. The molecule has 1 aromatic rings. The van der Waals surface area contributed by atoms with E-state index in [1.807, 2.05) is 0 Å². The van der Waals surface area contributed by atoms with Gasteiger partial charge in [-0.1, -0.05) is 17.7 Å². The van der Waals surface area contributed by atoms with Crippen LogP contribution in [0.2, 0.25) is 5.02 Å². The monoisotopic (exact) mass is 214 g/mol. The Bertz CT molecular complexity index is 358. The van der Waals surface area contributed by atoms with Crippen LogP contribution in [0.4, 0.5) is 4.39 Å². The third kappa shape index (κ3) is 1.60. The van der Waals surface area contributed by atoms with Crippen LogP contribution in [0, 0.1) is 5.82 Å². The molecule has 14 heavy (non-hydrogen) atoms. The van der Waals surface area contributed by atoms with E-state index < -0.39 is 11.9 Å². The number of hydrogen-bond donors (Lipinski definition) is 0. The Labute approximate surface area is 85.6 Å². The van der Waals surface area contributed by atoms with E-state index in [4.69, 9.17) is 16.3 Å². The minimum atomic E-state index is -0.517. The van der Waals surface area contributed by atoms with Gasteiger partial charge in [-0.25, -0.2) is 4.39 Å². The Morgan fingerprint density at radius 3 is 2.86 bits per heavy atom. The maximum Gasteiger partial charge on any atom is 0.306 e. The third-order valence-corrected chi connectivity index (χ3v) is 2.54. The average molecular weight is 215 g/mol. The zero-order valence-electron chi connectivity index (χ0n) is 7.30. The van der Waals surface area contributed by atoms with E-state index in [1.165, 1.54) is 12.1 Å². The van der Waals surface area contributed by atoms with Gasteiger partial charge in [0.2, 0.25) is 0 Å². The number of hydrogen-bond acceptors (Lipinski definition) is 2. The highest BCUT2D eigenvalue weighted by Crippen LogP contribution is 2.35. The topological polar surface area (TPSA) is 26.3 Å². The summed E-state index contributed by atoms with van der Waals surface area (Å²) in [5.41, 5.74) is 0.292. The van der Waals surface area contributed by atoms with E-state index in [2.05, 4.69) is 0 Å². The van der Waals surface area contributed by atoms with Crippen LogP contribution >= 0.6 is 11.6 Å². The summed E-state index contributed by atoms with van der Waals surface area (Å²) < 4.78 is 18.3. The number of benzene rings is 1. The molecule has 0 amide bonds. The Balaban J connectivity index is 2.36. The predicted octanol–water partition coefficient (Wildman–Crippen LogP) is 2.86. The molecule has 2 nitrogen and oxygen atoms in total. The molecular formula is C10H8ClFO2. The number of rotatable bonds is 1. The molecule has 4 heteroatoms. The fraction of sp³-hybridized carbons (Fsp3) is 0.300. The number of halogens is 2. The van der Waals surface area contributed by atoms with Crippen LogP contribution < -0.4 is 0 Å². The van der Waals surface area contributed by atoms with E-state index in [1.54, 1.807) is 6.07 Å². The van der Waals surface area contributed by atoms with E-state index >= 15 is 0 Å². The molecule has 1 saturated heterocycles. The standard InChI is InChI=1S/C10H8ClFO2/c11-6-2-1-3-7(12)10(6)8-4-5-9(13)14-8/h1-3,8H,4-5H2/t8-/m0/s1. The SMILES string of the molecule is O=C1CC[C@@H](c2c(F)cccc2Cl)O1. The third-order valence-electron chi connectivity index (χ3n) is 2.21.